The third-order valence-electron chi connectivity index (χ3n) is 3.41. The molecule has 0 saturated heterocycles. The summed E-state index contributed by atoms with van der Waals surface area (Å²) in [5, 5.41) is 15.5. The fourth-order valence-electron chi connectivity index (χ4n) is 2.34. The summed E-state index contributed by atoms with van der Waals surface area (Å²) >= 11 is 0. The largest absolute Gasteiger partial charge is 0.465 e. The Balaban J connectivity index is 1.70. The maximum absolute atomic E-state index is 10.7. The highest BCUT2D eigenvalue weighted by Gasteiger charge is 2.05. The van der Waals surface area contributed by atoms with Crippen molar-refractivity contribution < 1.29 is 14.3 Å². The zero-order chi connectivity index (χ0) is 15.5. The second-order valence-corrected chi connectivity index (χ2v) is 5.06. The van der Waals surface area contributed by atoms with Gasteiger partial charge in [0.15, 0.2) is 0 Å². The van der Waals surface area contributed by atoms with Gasteiger partial charge in [0.25, 0.3) is 0 Å². The van der Waals surface area contributed by atoms with E-state index in [1.54, 1.807) is 6.07 Å². The number of amides is 1. The zero-order valence-corrected chi connectivity index (χ0v) is 12.1. The van der Waals surface area contributed by atoms with Crippen molar-refractivity contribution in [3.8, 4) is 0 Å². The van der Waals surface area contributed by atoms with Gasteiger partial charge in [-0.25, -0.2) is 4.79 Å². The Hall–Kier alpha value is -2.95. The number of hydrogen-bond donors (Lipinski definition) is 3. The van der Waals surface area contributed by atoms with Gasteiger partial charge in [0, 0.05) is 16.8 Å². The van der Waals surface area contributed by atoms with E-state index in [-0.39, 0.29) is 0 Å². The second kappa shape index (κ2) is 5.81. The van der Waals surface area contributed by atoms with E-state index < -0.39 is 6.09 Å². The Kier molecular flexibility index (Phi) is 3.70. The summed E-state index contributed by atoms with van der Waals surface area (Å²) in [6.45, 7) is 2.43. The van der Waals surface area contributed by atoms with E-state index in [2.05, 4.69) is 10.6 Å². The third-order valence-corrected chi connectivity index (χ3v) is 3.41. The molecule has 0 radical (unpaired) electrons. The van der Waals surface area contributed by atoms with Crippen LogP contribution in [0.15, 0.2) is 52.9 Å². The minimum Gasteiger partial charge on any atom is -0.465 e. The Bertz CT molecular complexity index is 791. The van der Waals surface area contributed by atoms with Crippen LogP contribution in [0.5, 0.6) is 0 Å². The van der Waals surface area contributed by atoms with Crippen LogP contribution in [0.2, 0.25) is 0 Å². The molecule has 0 unspecified atom stereocenters. The smallest absolute Gasteiger partial charge is 0.409 e. The average molecular weight is 296 g/mol. The van der Waals surface area contributed by atoms with Crippen molar-refractivity contribution in [2.45, 2.75) is 13.5 Å². The first-order chi connectivity index (χ1) is 10.6. The van der Waals surface area contributed by atoms with Crippen LogP contribution in [0, 0.1) is 6.92 Å². The Morgan fingerprint density at radius 2 is 2.00 bits per heavy atom. The SMILES string of the molecule is Cc1cc(NCc2cc3ccccc3o2)ccc1NC(=O)O. The van der Waals surface area contributed by atoms with E-state index in [4.69, 9.17) is 9.52 Å². The summed E-state index contributed by atoms with van der Waals surface area (Å²) in [4.78, 5) is 10.7. The lowest BCUT2D eigenvalue weighted by Gasteiger charge is -2.09. The molecule has 0 atom stereocenters. The number of nitrogens with one attached hydrogen (secondary N) is 2. The highest BCUT2D eigenvalue weighted by atomic mass is 16.4. The molecule has 0 spiro atoms. The van der Waals surface area contributed by atoms with Crippen molar-refractivity contribution in [1.82, 2.24) is 0 Å². The van der Waals surface area contributed by atoms with E-state index in [0.717, 1.165) is 28.0 Å². The number of hydrogen-bond acceptors (Lipinski definition) is 3. The number of fused-ring (bicyclic) bond motifs is 1. The van der Waals surface area contributed by atoms with Crippen molar-refractivity contribution in [2.24, 2.45) is 0 Å². The summed E-state index contributed by atoms with van der Waals surface area (Å²) in [5.74, 6) is 0.853. The van der Waals surface area contributed by atoms with Gasteiger partial charge >= 0.3 is 6.09 Å². The van der Waals surface area contributed by atoms with Gasteiger partial charge in [-0.15, -0.1) is 0 Å². The topological polar surface area (TPSA) is 74.5 Å². The summed E-state index contributed by atoms with van der Waals surface area (Å²) in [7, 11) is 0. The van der Waals surface area contributed by atoms with Crippen molar-refractivity contribution >= 4 is 28.4 Å². The first-order valence-electron chi connectivity index (χ1n) is 6.94. The molecular formula is C17H16N2O3. The quantitative estimate of drug-likeness (QED) is 0.665. The van der Waals surface area contributed by atoms with E-state index >= 15 is 0 Å². The molecule has 1 aromatic heterocycles. The second-order valence-electron chi connectivity index (χ2n) is 5.06. The predicted octanol–water partition coefficient (Wildman–Crippen LogP) is 4.44. The molecule has 1 heterocycles. The Morgan fingerprint density at radius 3 is 2.73 bits per heavy atom. The molecule has 3 rings (SSSR count). The molecule has 5 nitrogen and oxygen atoms in total. The number of carboxylic acid groups (broad SMARTS) is 1. The summed E-state index contributed by atoms with van der Waals surface area (Å²) in [5.41, 5.74) is 3.23. The molecule has 2 aromatic carbocycles. The molecule has 22 heavy (non-hydrogen) atoms. The molecule has 5 heteroatoms. The Labute approximate surface area is 127 Å². The van der Waals surface area contributed by atoms with Gasteiger partial charge in [0.05, 0.1) is 6.54 Å². The lowest BCUT2D eigenvalue weighted by molar-refractivity contribution is 0.209. The zero-order valence-electron chi connectivity index (χ0n) is 12.1. The fraction of sp³-hybridized carbons (Fsp3) is 0.118. The van der Waals surface area contributed by atoms with Gasteiger partial charge in [-0.3, -0.25) is 5.32 Å². The van der Waals surface area contributed by atoms with Gasteiger partial charge in [-0.2, -0.15) is 0 Å². The van der Waals surface area contributed by atoms with Crippen LogP contribution < -0.4 is 10.6 Å². The maximum atomic E-state index is 10.7. The van der Waals surface area contributed by atoms with Gasteiger partial charge in [-0.1, -0.05) is 18.2 Å². The van der Waals surface area contributed by atoms with E-state index in [9.17, 15) is 4.79 Å². The van der Waals surface area contributed by atoms with Crippen molar-refractivity contribution in [2.75, 3.05) is 10.6 Å². The molecule has 3 aromatic rings. The van der Waals surface area contributed by atoms with E-state index in [1.807, 2.05) is 49.4 Å². The first kappa shape index (κ1) is 14.0. The van der Waals surface area contributed by atoms with Crippen LogP contribution in [0.1, 0.15) is 11.3 Å². The fourth-order valence-corrected chi connectivity index (χ4v) is 2.34. The van der Waals surface area contributed by atoms with Crippen LogP contribution in [0.25, 0.3) is 11.0 Å². The molecule has 0 aliphatic heterocycles. The number of furan rings is 1. The highest BCUT2D eigenvalue weighted by Crippen LogP contribution is 2.22. The maximum Gasteiger partial charge on any atom is 0.409 e. The minimum absolute atomic E-state index is 0.569. The molecule has 3 N–H and O–H groups in total. The number of aryl methyl sites for hydroxylation is 1. The number of carbonyl (C=O) groups is 1. The summed E-state index contributed by atoms with van der Waals surface area (Å²) in [6.07, 6.45) is -1.06. The van der Waals surface area contributed by atoms with Crippen LogP contribution >= 0.6 is 0 Å². The van der Waals surface area contributed by atoms with Crippen molar-refractivity contribution in [3.05, 3.63) is 59.9 Å². The van der Waals surface area contributed by atoms with Crippen LogP contribution in [-0.2, 0) is 6.54 Å². The molecule has 0 aliphatic rings. The summed E-state index contributed by atoms with van der Waals surface area (Å²) < 4.78 is 5.74. The van der Waals surface area contributed by atoms with Crippen molar-refractivity contribution in [1.29, 1.82) is 0 Å². The highest BCUT2D eigenvalue weighted by molar-refractivity contribution is 5.84. The van der Waals surface area contributed by atoms with E-state index in [1.165, 1.54) is 0 Å². The standard InChI is InChI=1S/C17H16N2O3/c1-11-8-13(6-7-15(11)19-17(20)21)18-10-14-9-12-4-2-3-5-16(12)22-14/h2-9,18-19H,10H2,1H3,(H,20,21). The third kappa shape index (κ3) is 3.03. The molecule has 112 valence electrons. The normalized spacial score (nSPS) is 10.6. The van der Waals surface area contributed by atoms with Crippen LogP contribution in [0.3, 0.4) is 0 Å². The van der Waals surface area contributed by atoms with Gasteiger partial charge in [0.2, 0.25) is 0 Å². The molecular weight excluding hydrogens is 280 g/mol. The van der Waals surface area contributed by atoms with E-state index in [0.29, 0.717) is 12.2 Å². The van der Waals surface area contributed by atoms with Crippen LogP contribution in [-0.4, -0.2) is 11.2 Å². The van der Waals surface area contributed by atoms with Crippen molar-refractivity contribution in [3.63, 3.8) is 0 Å². The van der Waals surface area contributed by atoms with Gasteiger partial charge in [0.1, 0.15) is 11.3 Å². The molecule has 0 aliphatic carbocycles. The number of benzene rings is 2. The van der Waals surface area contributed by atoms with Crippen LogP contribution in [0.4, 0.5) is 16.2 Å². The number of para-hydroxylation sites is 1. The molecule has 0 saturated carbocycles. The Morgan fingerprint density at radius 1 is 1.18 bits per heavy atom. The number of anilines is 2. The first-order valence-corrected chi connectivity index (χ1v) is 6.94. The minimum atomic E-state index is -1.06. The van der Waals surface area contributed by atoms with Gasteiger partial charge in [-0.05, 0) is 42.8 Å². The lowest BCUT2D eigenvalue weighted by atomic mass is 10.1. The number of rotatable bonds is 4. The molecule has 1 amide bonds. The average Bonchev–Trinajstić information content (AvgIpc) is 2.90. The van der Waals surface area contributed by atoms with Gasteiger partial charge < -0.3 is 14.8 Å². The molecule has 0 fully saturated rings. The summed E-state index contributed by atoms with van der Waals surface area (Å²) in [6, 6.07) is 15.4. The lowest BCUT2D eigenvalue weighted by Crippen LogP contribution is -2.08. The predicted molar refractivity (Wildman–Crippen MR) is 86.4 cm³/mol. The monoisotopic (exact) mass is 296 g/mol. The molecule has 0 bridgehead atoms.